The Balaban J connectivity index is 1.97. The molecule has 2 nitrogen and oxygen atoms in total. The van der Waals surface area contributed by atoms with Gasteiger partial charge in [-0.25, -0.2) is 0 Å². The lowest BCUT2D eigenvalue weighted by Crippen LogP contribution is -2.30. The number of fused-ring (bicyclic) bond motifs is 1. The first kappa shape index (κ1) is 11.7. The summed E-state index contributed by atoms with van der Waals surface area (Å²) in [4.78, 5) is 4.22. The molecule has 1 aliphatic heterocycles. The Morgan fingerprint density at radius 1 is 1.22 bits per heavy atom. The molecule has 94 valence electrons. The maximum Gasteiger partial charge on any atom is 0.0346 e. The van der Waals surface area contributed by atoms with Crippen LogP contribution in [0.4, 0.5) is 0 Å². The van der Waals surface area contributed by atoms with Gasteiger partial charge in [0.1, 0.15) is 0 Å². The highest BCUT2D eigenvalue weighted by Gasteiger charge is 2.22. The summed E-state index contributed by atoms with van der Waals surface area (Å²) in [6, 6.07) is 8.76. The summed E-state index contributed by atoms with van der Waals surface area (Å²) in [6.07, 6.45) is 6.46. The summed E-state index contributed by atoms with van der Waals surface area (Å²) in [7, 11) is 0. The lowest BCUT2D eigenvalue weighted by atomic mass is 9.80. The van der Waals surface area contributed by atoms with Crippen LogP contribution in [0, 0.1) is 5.92 Å². The monoisotopic (exact) mass is 240 g/mol. The SMILES string of the molecule is CC(c1cccc2cnccc12)C1CCNCC1. The summed E-state index contributed by atoms with van der Waals surface area (Å²) in [5.74, 6) is 1.45. The molecular weight excluding hydrogens is 220 g/mol. The van der Waals surface area contributed by atoms with E-state index in [1.165, 1.54) is 42.3 Å². The van der Waals surface area contributed by atoms with Crippen LogP contribution in [-0.2, 0) is 0 Å². The molecule has 0 saturated carbocycles. The van der Waals surface area contributed by atoms with Gasteiger partial charge in [0.2, 0.25) is 0 Å². The number of benzene rings is 1. The van der Waals surface area contributed by atoms with Crippen molar-refractivity contribution in [3.63, 3.8) is 0 Å². The van der Waals surface area contributed by atoms with Crippen LogP contribution in [0.5, 0.6) is 0 Å². The molecule has 1 N–H and O–H groups in total. The lowest BCUT2D eigenvalue weighted by Gasteiger charge is -2.29. The first-order chi connectivity index (χ1) is 8.86. The fourth-order valence-electron chi connectivity index (χ4n) is 3.14. The van der Waals surface area contributed by atoms with Gasteiger partial charge in [0, 0.05) is 17.8 Å². The quantitative estimate of drug-likeness (QED) is 0.871. The van der Waals surface area contributed by atoms with E-state index in [0.29, 0.717) is 5.92 Å². The van der Waals surface area contributed by atoms with E-state index in [1.54, 1.807) is 0 Å². The van der Waals surface area contributed by atoms with Crippen molar-refractivity contribution in [3.05, 3.63) is 42.2 Å². The van der Waals surface area contributed by atoms with Crippen molar-refractivity contribution in [1.82, 2.24) is 10.3 Å². The van der Waals surface area contributed by atoms with Crippen molar-refractivity contribution in [3.8, 4) is 0 Å². The van der Waals surface area contributed by atoms with Gasteiger partial charge in [-0.15, -0.1) is 0 Å². The average molecular weight is 240 g/mol. The summed E-state index contributed by atoms with van der Waals surface area (Å²) in [5, 5.41) is 6.08. The molecule has 1 fully saturated rings. The van der Waals surface area contributed by atoms with Gasteiger partial charge >= 0.3 is 0 Å². The van der Waals surface area contributed by atoms with Crippen molar-refractivity contribution >= 4 is 10.8 Å². The molecule has 1 unspecified atom stereocenters. The molecule has 18 heavy (non-hydrogen) atoms. The number of aromatic nitrogens is 1. The standard InChI is InChI=1S/C16H20N2/c1-12(13-5-8-17-9-6-13)15-4-2-3-14-11-18-10-7-16(14)15/h2-4,7,10-13,17H,5-6,8-9H2,1H3. The maximum absolute atomic E-state index is 4.22. The van der Waals surface area contributed by atoms with Crippen LogP contribution in [-0.4, -0.2) is 18.1 Å². The molecule has 0 radical (unpaired) electrons. The van der Waals surface area contributed by atoms with Crippen LogP contribution in [0.1, 0.15) is 31.2 Å². The maximum atomic E-state index is 4.22. The molecule has 1 saturated heterocycles. The third kappa shape index (κ3) is 2.13. The minimum absolute atomic E-state index is 0.637. The van der Waals surface area contributed by atoms with Crippen LogP contribution < -0.4 is 5.32 Å². The van der Waals surface area contributed by atoms with Gasteiger partial charge in [-0.2, -0.15) is 0 Å². The molecule has 0 amide bonds. The van der Waals surface area contributed by atoms with Crippen molar-refractivity contribution in [1.29, 1.82) is 0 Å². The second kappa shape index (κ2) is 5.07. The molecule has 1 aromatic heterocycles. The highest BCUT2D eigenvalue weighted by atomic mass is 14.9. The fourth-order valence-corrected chi connectivity index (χ4v) is 3.14. The van der Waals surface area contributed by atoms with Crippen LogP contribution in [0.25, 0.3) is 10.8 Å². The Labute approximate surface area is 108 Å². The van der Waals surface area contributed by atoms with Crippen LogP contribution in [0.3, 0.4) is 0 Å². The predicted octanol–water partition coefficient (Wildman–Crippen LogP) is 3.34. The molecule has 3 rings (SSSR count). The van der Waals surface area contributed by atoms with Crippen LogP contribution >= 0.6 is 0 Å². The minimum Gasteiger partial charge on any atom is -0.317 e. The summed E-state index contributed by atoms with van der Waals surface area (Å²) < 4.78 is 0. The molecule has 1 aliphatic rings. The number of nitrogens with zero attached hydrogens (tertiary/aromatic N) is 1. The first-order valence-corrected chi connectivity index (χ1v) is 6.89. The first-order valence-electron chi connectivity index (χ1n) is 6.89. The van der Waals surface area contributed by atoms with Crippen LogP contribution in [0.2, 0.25) is 0 Å². The number of piperidine rings is 1. The highest BCUT2D eigenvalue weighted by molar-refractivity contribution is 5.85. The molecule has 2 heterocycles. The van der Waals surface area contributed by atoms with E-state index in [-0.39, 0.29) is 0 Å². The molecule has 2 aromatic rings. The largest absolute Gasteiger partial charge is 0.317 e. The summed E-state index contributed by atoms with van der Waals surface area (Å²) >= 11 is 0. The molecule has 2 heteroatoms. The summed E-state index contributed by atoms with van der Waals surface area (Å²) in [5.41, 5.74) is 1.49. The molecule has 0 spiro atoms. The van der Waals surface area contributed by atoms with E-state index in [1.807, 2.05) is 12.4 Å². The van der Waals surface area contributed by atoms with Gasteiger partial charge < -0.3 is 5.32 Å². The van der Waals surface area contributed by atoms with Crippen molar-refractivity contribution in [2.45, 2.75) is 25.7 Å². The van der Waals surface area contributed by atoms with Crippen molar-refractivity contribution in [2.75, 3.05) is 13.1 Å². The third-order valence-corrected chi connectivity index (χ3v) is 4.30. The second-order valence-corrected chi connectivity index (χ2v) is 5.32. The molecule has 0 bridgehead atoms. The van der Waals surface area contributed by atoms with Gasteiger partial charge in [-0.05, 0) is 54.8 Å². The topological polar surface area (TPSA) is 24.9 Å². The zero-order valence-corrected chi connectivity index (χ0v) is 10.9. The normalized spacial score (nSPS) is 18.9. The number of rotatable bonds is 2. The van der Waals surface area contributed by atoms with Crippen molar-refractivity contribution < 1.29 is 0 Å². The lowest BCUT2D eigenvalue weighted by molar-refractivity contribution is 0.331. The van der Waals surface area contributed by atoms with Gasteiger partial charge in [0.15, 0.2) is 0 Å². The Morgan fingerprint density at radius 3 is 2.89 bits per heavy atom. The van der Waals surface area contributed by atoms with Crippen molar-refractivity contribution in [2.24, 2.45) is 5.92 Å². The smallest absolute Gasteiger partial charge is 0.0346 e. The average Bonchev–Trinajstić information content (AvgIpc) is 2.47. The van der Waals surface area contributed by atoms with E-state index < -0.39 is 0 Å². The highest BCUT2D eigenvalue weighted by Crippen LogP contribution is 2.34. The van der Waals surface area contributed by atoms with E-state index >= 15 is 0 Å². The predicted molar refractivity (Wildman–Crippen MR) is 75.8 cm³/mol. The van der Waals surface area contributed by atoms with E-state index in [4.69, 9.17) is 0 Å². The molecule has 1 atom stereocenters. The Bertz CT molecular complexity index is 524. The Kier molecular flexibility index (Phi) is 3.28. The second-order valence-electron chi connectivity index (χ2n) is 5.32. The number of hydrogen-bond acceptors (Lipinski definition) is 2. The van der Waals surface area contributed by atoms with Gasteiger partial charge in [0.05, 0.1) is 0 Å². The number of pyridine rings is 1. The zero-order chi connectivity index (χ0) is 12.4. The molecular formula is C16H20N2. The number of hydrogen-bond donors (Lipinski definition) is 1. The Morgan fingerprint density at radius 2 is 2.06 bits per heavy atom. The van der Waals surface area contributed by atoms with E-state index in [2.05, 4.69) is 41.5 Å². The van der Waals surface area contributed by atoms with Crippen LogP contribution in [0.15, 0.2) is 36.7 Å². The minimum atomic E-state index is 0.637. The number of nitrogens with one attached hydrogen (secondary N) is 1. The summed E-state index contributed by atoms with van der Waals surface area (Å²) in [6.45, 7) is 4.72. The fraction of sp³-hybridized carbons (Fsp3) is 0.438. The van der Waals surface area contributed by atoms with E-state index in [9.17, 15) is 0 Å². The van der Waals surface area contributed by atoms with Gasteiger partial charge in [-0.3, -0.25) is 4.98 Å². The molecule has 1 aromatic carbocycles. The Hall–Kier alpha value is -1.41. The third-order valence-electron chi connectivity index (χ3n) is 4.30. The van der Waals surface area contributed by atoms with Gasteiger partial charge in [-0.1, -0.05) is 25.1 Å². The van der Waals surface area contributed by atoms with E-state index in [0.717, 1.165) is 5.92 Å². The molecule has 0 aliphatic carbocycles. The van der Waals surface area contributed by atoms with Gasteiger partial charge in [0.25, 0.3) is 0 Å². The zero-order valence-electron chi connectivity index (χ0n) is 10.9.